The summed E-state index contributed by atoms with van der Waals surface area (Å²) in [6.45, 7) is 17.4. The number of anilines is 1. The first kappa shape index (κ1) is 43.6. The summed E-state index contributed by atoms with van der Waals surface area (Å²) < 4.78 is 59.9. The molecule has 3 saturated heterocycles. The molecule has 4 fully saturated rings. The Labute approximate surface area is 378 Å². The Kier molecular flexibility index (Phi) is 11.2. The number of piperidine rings is 1. The zero-order valence-electron chi connectivity index (χ0n) is 38.0. The third-order valence-electron chi connectivity index (χ3n) is 15.2. The van der Waals surface area contributed by atoms with E-state index in [9.17, 15) is 0 Å². The van der Waals surface area contributed by atoms with Crippen LogP contribution >= 0.6 is 11.3 Å². The molecular weight excluding hydrogens is 850 g/mol. The van der Waals surface area contributed by atoms with Gasteiger partial charge >= 0.3 is 6.01 Å². The Morgan fingerprint density at radius 3 is 2.34 bits per heavy atom. The highest BCUT2D eigenvalue weighted by Gasteiger charge is 2.72. The third kappa shape index (κ3) is 7.36. The Morgan fingerprint density at radius 2 is 1.67 bits per heavy atom. The number of piperazine rings is 1. The second-order valence-corrected chi connectivity index (χ2v) is 26.6. The molecule has 2 aromatic carbocycles. The van der Waals surface area contributed by atoms with E-state index >= 15 is 13.2 Å². The van der Waals surface area contributed by atoms with E-state index in [0.29, 0.717) is 62.7 Å². The molecule has 0 spiro atoms. The van der Waals surface area contributed by atoms with Gasteiger partial charge in [-0.1, -0.05) is 53.5 Å². The van der Waals surface area contributed by atoms with E-state index in [2.05, 4.69) is 78.3 Å². The number of benzene rings is 2. The van der Waals surface area contributed by atoms with Crippen molar-refractivity contribution in [3.63, 3.8) is 0 Å². The molecule has 10 nitrogen and oxygen atoms in total. The van der Waals surface area contributed by atoms with Gasteiger partial charge in [-0.15, -0.1) is 16.9 Å². The minimum atomic E-state index is -2.83. The van der Waals surface area contributed by atoms with Gasteiger partial charge in [0, 0.05) is 79.8 Å². The molecule has 6 aromatic rings. The zero-order valence-corrected chi connectivity index (χ0v) is 39.8. The number of alkyl halides is 2. The molecule has 4 aromatic heterocycles. The van der Waals surface area contributed by atoms with Gasteiger partial charge < -0.3 is 24.6 Å². The van der Waals surface area contributed by atoms with Crippen molar-refractivity contribution in [1.82, 2.24) is 35.4 Å². The molecule has 0 radical (unpaired) electrons. The number of likely N-dealkylation sites (tertiary alicyclic amines) is 1. The van der Waals surface area contributed by atoms with Crippen molar-refractivity contribution in [2.45, 2.75) is 108 Å². The topological polar surface area (TPSA) is 104 Å². The van der Waals surface area contributed by atoms with Crippen molar-refractivity contribution >= 4 is 67.2 Å². The first-order chi connectivity index (χ1) is 30.7. The van der Waals surface area contributed by atoms with Gasteiger partial charge in [0.15, 0.2) is 0 Å². The Balaban J connectivity index is 1.11. The molecule has 7 heterocycles. The fourth-order valence-corrected chi connectivity index (χ4v) is 18.1. The smallest absolute Gasteiger partial charge is 0.319 e. The van der Waals surface area contributed by atoms with Crippen molar-refractivity contribution in [3.8, 4) is 28.7 Å². The van der Waals surface area contributed by atoms with Gasteiger partial charge in [0.05, 0.1) is 38.5 Å². The van der Waals surface area contributed by atoms with Gasteiger partial charge in [-0.25, -0.2) is 13.2 Å². The molecule has 1 aliphatic carbocycles. The number of methoxy groups -OCH3 is 1. The first-order valence-electron chi connectivity index (χ1n) is 23.2. The lowest BCUT2D eigenvalue weighted by Gasteiger charge is -2.38. The van der Waals surface area contributed by atoms with Gasteiger partial charge in [0.2, 0.25) is 0 Å². The summed E-state index contributed by atoms with van der Waals surface area (Å²) in [4.78, 5) is 20.4. The number of hydrogen-bond acceptors (Lipinski definition) is 10. The second-order valence-electron chi connectivity index (χ2n) is 20.1. The summed E-state index contributed by atoms with van der Waals surface area (Å²) in [5, 5.41) is 15.5. The van der Waals surface area contributed by atoms with E-state index in [1.165, 1.54) is 17.4 Å². The SMILES string of the molecule is COCC1CCN(C[C@@]2(COc3nc(N4C[C@H]5CC[C@@H](C4)N5)c4c(n3)sc3c(-c5c6cn[nH]c6cc6ccc(F)c(C#C[Si](C(C)C)(C(C)C)C(C)C)c56)nccc34)CC2(F)F)CC1. The number of nitrogens with zero attached hydrogens (tertiary/aromatic N) is 6. The summed E-state index contributed by atoms with van der Waals surface area (Å²) in [6, 6.07) is 8.09. The summed E-state index contributed by atoms with van der Waals surface area (Å²) >= 11 is 1.48. The van der Waals surface area contributed by atoms with E-state index in [1.54, 1.807) is 19.5 Å². The third-order valence-corrected chi connectivity index (χ3v) is 22.6. The molecule has 10 rings (SSSR count). The van der Waals surface area contributed by atoms with Crippen LogP contribution in [0.25, 0.3) is 53.2 Å². The van der Waals surface area contributed by atoms with Crippen molar-refractivity contribution < 1.29 is 22.6 Å². The molecule has 2 bridgehead atoms. The molecule has 0 unspecified atom stereocenters. The van der Waals surface area contributed by atoms with Gasteiger partial charge in [0.25, 0.3) is 5.92 Å². The van der Waals surface area contributed by atoms with Crippen LogP contribution in [0.2, 0.25) is 16.6 Å². The van der Waals surface area contributed by atoms with Gasteiger partial charge in [-0.3, -0.25) is 10.1 Å². The maximum atomic E-state index is 16.5. The molecule has 15 heteroatoms. The normalized spacial score (nSPS) is 22.8. The lowest BCUT2D eigenvalue weighted by molar-refractivity contribution is 0.0124. The van der Waals surface area contributed by atoms with Gasteiger partial charge in [-0.2, -0.15) is 15.1 Å². The zero-order chi connectivity index (χ0) is 44.7. The minimum Gasteiger partial charge on any atom is -0.462 e. The predicted octanol–water partition coefficient (Wildman–Crippen LogP) is 10.3. The van der Waals surface area contributed by atoms with Crippen molar-refractivity contribution in [3.05, 3.63) is 48.0 Å². The van der Waals surface area contributed by atoms with Crippen molar-refractivity contribution in [2.24, 2.45) is 11.3 Å². The van der Waals surface area contributed by atoms with Crippen LogP contribution in [-0.2, 0) is 4.74 Å². The van der Waals surface area contributed by atoms with Crippen LogP contribution in [0.5, 0.6) is 6.01 Å². The molecule has 0 amide bonds. The summed E-state index contributed by atoms with van der Waals surface area (Å²) in [7, 11) is -0.528. The Hall–Kier alpha value is -4.33. The van der Waals surface area contributed by atoms with Crippen LogP contribution in [0.1, 0.15) is 79.2 Å². The predicted molar refractivity (Wildman–Crippen MR) is 254 cm³/mol. The second kappa shape index (κ2) is 16.5. The maximum absolute atomic E-state index is 16.5. The van der Waals surface area contributed by atoms with Crippen LogP contribution in [0.4, 0.5) is 19.0 Å². The van der Waals surface area contributed by atoms with Crippen LogP contribution in [-0.4, -0.2) is 109 Å². The number of aromatic nitrogens is 5. The van der Waals surface area contributed by atoms with Gasteiger partial charge in [-0.05, 0) is 84.9 Å². The van der Waals surface area contributed by atoms with Crippen LogP contribution in [0.15, 0.2) is 36.7 Å². The van der Waals surface area contributed by atoms with E-state index in [-0.39, 0.29) is 31.4 Å². The fraction of sp³-hybridized carbons (Fsp3) is 0.551. The number of rotatable bonds is 12. The number of fused-ring (bicyclic) bond motifs is 7. The molecule has 2 N–H and O–H groups in total. The number of halogens is 3. The highest BCUT2D eigenvalue weighted by atomic mass is 32.1. The van der Waals surface area contributed by atoms with Crippen LogP contribution < -0.4 is 15.0 Å². The number of hydrogen-bond donors (Lipinski definition) is 2. The molecule has 3 aliphatic heterocycles. The number of thiophene rings is 1. The highest BCUT2D eigenvalue weighted by Crippen LogP contribution is 2.61. The molecular formula is C49H59F3N8O2SSi. The quantitative estimate of drug-likeness (QED) is 0.0918. The summed E-state index contributed by atoms with van der Waals surface area (Å²) in [6.07, 6.45) is 7.39. The monoisotopic (exact) mass is 908 g/mol. The number of pyridine rings is 1. The molecule has 4 aliphatic rings. The van der Waals surface area contributed by atoms with E-state index < -0.39 is 19.4 Å². The maximum Gasteiger partial charge on any atom is 0.319 e. The average molecular weight is 909 g/mol. The highest BCUT2D eigenvalue weighted by molar-refractivity contribution is 7.26. The molecule has 3 atom stereocenters. The minimum absolute atomic E-state index is 0.102. The van der Waals surface area contributed by atoms with Crippen molar-refractivity contribution in [2.75, 3.05) is 57.9 Å². The number of H-pyrrole nitrogens is 1. The number of aromatic amines is 1. The lowest BCUT2D eigenvalue weighted by Crippen LogP contribution is -2.51. The van der Waals surface area contributed by atoms with Crippen LogP contribution in [0.3, 0.4) is 0 Å². The lowest BCUT2D eigenvalue weighted by atomic mass is 9.93. The Bertz CT molecular complexity index is 2780. The molecule has 1 saturated carbocycles. The summed E-state index contributed by atoms with van der Waals surface area (Å²) in [5.41, 5.74) is 6.21. The largest absolute Gasteiger partial charge is 0.462 e. The Morgan fingerprint density at radius 1 is 0.953 bits per heavy atom. The van der Waals surface area contributed by atoms with Crippen LogP contribution in [0, 0.1) is 28.6 Å². The standard InChI is InChI=1S/C49H59F3N8O2SSi/c1-28(2)64(29(3)4,30(5)6)19-15-35-38(50)11-8-32-20-39-37(21-54-58-39)41(40(32)35)43-44-36(12-16-53-43)42-45(60-22-33-9-10-34(23-60)55-33)56-47(57-46(42)63-44)62-27-48(25-49(48,51)52)26-59-17-13-31(14-18-59)24-61-7/h8,11-12,16,20-21,28-31,33-34,55H,9-10,13-14,17-18,22-27H2,1-7H3,(H,54,58)/t33-,34+,48-/m1/s1. The van der Waals surface area contributed by atoms with E-state index in [1.807, 2.05) is 18.2 Å². The van der Waals surface area contributed by atoms with E-state index in [4.69, 9.17) is 24.4 Å². The molecule has 64 heavy (non-hydrogen) atoms. The summed E-state index contributed by atoms with van der Waals surface area (Å²) in [5.74, 6) is 1.48. The first-order valence-corrected chi connectivity index (χ1v) is 26.2. The number of nitrogens with one attached hydrogen (secondary N) is 2. The fourth-order valence-electron chi connectivity index (χ4n) is 11.8. The van der Waals surface area contributed by atoms with E-state index in [0.717, 1.165) is 95.0 Å². The van der Waals surface area contributed by atoms with Gasteiger partial charge in [0.1, 0.15) is 31.1 Å². The molecule has 338 valence electrons. The number of ether oxygens (including phenoxy) is 2. The van der Waals surface area contributed by atoms with Crippen molar-refractivity contribution in [1.29, 1.82) is 0 Å². The average Bonchev–Trinajstić information content (AvgIpc) is 3.72.